The lowest BCUT2D eigenvalue weighted by atomic mass is 9.95. The molecular formula is C22H28N6O4. The number of amides is 1. The number of rotatable bonds is 8. The molecular weight excluding hydrogens is 412 g/mol. The topological polar surface area (TPSA) is 122 Å². The molecule has 1 fully saturated rings. The molecule has 1 amide bonds. The lowest BCUT2D eigenvalue weighted by Crippen LogP contribution is -2.43. The third kappa shape index (κ3) is 4.80. The molecule has 0 atom stereocenters. The van der Waals surface area contributed by atoms with E-state index < -0.39 is 0 Å². The number of hydrogen-bond acceptors (Lipinski definition) is 9. The van der Waals surface area contributed by atoms with Crippen LogP contribution in [0.4, 0.5) is 5.82 Å². The second-order valence-electron chi connectivity index (χ2n) is 7.85. The number of aryl methyl sites for hydroxylation is 2. The zero-order chi connectivity index (χ0) is 22.5. The molecule has 0 aromatic carbocycles. The zero-order valence-corrected chi connectivity index (χ0v) is 18.4. The summed E-state index contributed by atoms with van der Waals surface area (Å²) in [5.74, 6) is 3.07. The lowest BCUT2D eigenvalue weighted by molar-refractivity contribution is -0.137. The van der Waals surface area contributed by atoms with Gasteiger partial charge in [-0.05, 0) is 31.9 Å². The smallest absolute Gasteiger partial charge is 0.263 e. The van der Waals surface area contributed by atoms with Crippen LogP contribution in [0.5, 0.6) is 0 Å². The van der Waals surface area contributed by atoms with Crippen LogP contribution >= 0.6 is 0 Å². The Morgan fingerprint density at radius 2 is 2.12 bits per heavy atom. The van der Waals surface area contributed by atoms with Gasteiger partial charge in [0.25, 0.3) is 5.89 Å². The summed E-state index contributed by atoms with van der Waals surface area (Å²) in [7, 11) is 0. The van der Waals surface area contributed by atoms with Crippen molar-refractivity contribution in [3.63, 3.8) is 0 Å². The maximum absolute atomic E-state index is 13.1. The first-order chi connectivity index (χ1) is 15.6. The van der Waals surface area contributed by atoms with Crippen LogP contribution in [0.1, 0.15) is 37.2 Å². The Morgan fingerprint density at radius 3 is 2.78 bits per heavy atom. The molecule has 0 spiro atoms. The van der Waals surface area contributed by atoms with Crippen LogP contribution in [0.3, 0.4) is 0 Å². The van der Waals surface area contributed by atoms with E-state index in [0.29, 0.717) is 67.8 Å². The molecule has 10 nitrogen and oxygen atoms in total. The van der Waals surface area contributed by atoms with Crippen molar-refractivity contribution in [1.82, 2.24) is 25.0 Å². The predicted molar refractivity (Wildman–Crippen MR) is 116 cm³/mol. The van der Waals surface area contributed by atoms with Crippen molar-refractivity contribution < 1.29 is 18.8 Å². The number of anilines is 1. The lowest BCUT2D eigenvalue weighted by Gasteiger charge is -2.35. The van der Waals surface area contributed by atoms with Crippen LogP contribution in [0.2, 0.25) is 0 Å². The highest BCUT2D eigenvalue weighted by atomic mass is 16.5. The molecule has 3 aromatic heterocycles. The highest BCUT2D eigenvalue weighted by molar-refractivity contribution is 5.79. The number of nitrogens with zero attached hydrogens (tertiary/aromatic N) is 6. The van der Waals surface area contributed by atoms with Crippen molar-refractivity contribution in [3.8, 4) is 11.5 Å². The van der Waals surface area contributed by atoms with Crippen LogP contribution in [0, 0.1) is 12.8 Å². The maximum atomic E-state index is 13.1. The molecule has 1 aliphatic heterocycles. The van der Waals surface area contributed by atoms with Crippen LogP contribution in [0.15, 0.2) is 33.5 Å². The monoisotopic (exact) mass is 440 g/mol. The maximum Gasteiger partial charge on any atom is 0.263 e. The Bertz CT molecular complexity index is 1030. The van der Waals surface area contributed by atoms with E-state index in [1.165, 1.54) is 0 Å². The molecule has 0 unspecified atom stereocenters. The summed E-state index contributed by atoms with van der Waals surface area (Å²) in [6.07, 6.45) is 5.36. The third-order valence-electron chi connectivity index (χ3n) is 5.66. The minimum absolute atomic E-state index is 0.0404. The van der Waals surface area contributed by atoms with Gasteiger partial charge in [0.1, 0.15) is 23.0 Å². The van der Waals surface area contributed by atoms with Gasteiger partial charge in [-0.3, -0.25) is 4.79 Å². The fourth-order valence-corrected chi connectivity index (χ4v) is 3.93. The van der Waals surface area contributed by atoms with Crippen LogP contribution in [0.25, 0.3) is 11.5 Å². The second kappa shape index (κ2) is 9.90. The van der Waals surface area contributed by atoms with E-state index in [4.69, 9.17) is 8.94 Å². The van der Waals surface area contributed by atoms with Gasteiger partial charge in [0.2, 0.25) is 5.91 Å². The first-order valence-electron chi connectivity index (χ1n) is 10.9. The molecule has 3 aromatic rings. The van der Waals surface area contributed by atoms with E-state index in [0.717, 1.165) is 5.82 Å². The summed E-state index contributed by atoms with van der Waals surface area (Å²) < 4.78 is 10.8. The summed E-state index contributed by atoms with van der Waals surface area (Å²) in [5.41, 5.74) is 0.701. The fourth-order valence-electron chi connectivity index (χ4n) is 3.93. The molecule has 1 aliphatic rings. The molecule has 10 heteroatoms. The van der Waals surface area contributed by atoms with Crippen LogP contribution < -0.4 is 4.90 Å². The van der Waals surface area contributed by atoms with Crippen LogP contribution in [-0.2, 0) is 17.8 Å². The molecule has 32 heavy (non-hydrogen) atoms. The summed E-state index contributed by atoms with van der Waals surface area (Å²) in [5, 5.41) is 13.4. The molecule has 0 aliphatic carbocycles. The van der Waals surface area contributed by atoms with Gasteiger partial charge in [-0.2, -0.15) is 4.98 Å². The van der Waals surface area contributed by atoms with E-state index in [1.54, 1.807) is 23.4 Å². The van der Waals surface area contributed by atoms with Crippen molar-refractivity contribution in [2.75, 3.05) is 31.1 Å². The first-order valence-corrected chi connectivity index (χ1v) is 10.9. The molecule has 170 valence electrons. The van der Waals surface area contributed by atoms with Gasteiger partial charge in [0.05, 0.1) is 19.4 Å². The van der Waals surface area contributed by atoms with Crippen molar-refractivity contribution in [2.24, 2.45) is 5.92 Å². The minimum Gasteiger partial charge on any atom is -0.467 e. The number of aliphatic hydroxyl groups is 1. The Morgan fingerprint density at radius 1 is 1.31 bits per heavy atom. The molecule has 0 saturated carbocycles. The Hall–Kier alpha value is -3.27. The normalized spacial score (nSPS) is 14.7. The molecule has 0 radical (unpaired) electrons. The van der Waals surface area contributed by atoms with E-state index >= 15 is 0 Å². The summed E-state index contributed by atoms with van der Waals surface area (Å²) >= 11 is 0. The highest BCUT2D eigenvalue weighted by Gasteiger charge is 2.31. The molecule has 4 rings (SSSR count). The number of aromatic nitrogens is 4. The first kappa shape index (κ1) is 21.9. The van der Waals surface area contributed by atoms with Crippen molar-refractivity contribution in [2.45, 2.75) is 39.7 Å². The summed E-state index contributed by atoms with van der Waals surface area (Å²) in [6.45, 7) is 5.71. The number of furan rings is 1. The van der Waals surface area contributed by atoms with Gasteiger partial charge in [-0.1, -0.05) is 12.1 Å². The molecule has 0 bridgehead atoms. The van der Waals surface area contributed by atoms with Gasteiger partial charge in [0.15, 0.2) is 5.82 Å². The van der Waals surface area contributed by atoms with Crippen molar-refractivity contribution in [1.29, 1.82) is 0 Å². The average Bonchev–Trinajstić information content (AvgIpc) is 3.50. The van der Waals surface area contributed by atoms with Crippen molar-refractivity contribution in [3.05, 3.63) is 42.0 Å². The van der Waals surface area contributed by atoms with Gasteiger partial charge >= 0.3 is 0 Å². The quantitative estimate of drug-likeness (QED) is 0.562. The van der Waals surface area contributed by atoms with E-state index in [-0.39, 0.29) is 25.0 Å². The Balaban J connectivity index is 1.46. The molecule has 1 N–H and O–H groups in total. The van der Waals surface area contributed by atoms with E-state index in [2.05, 4.69) is 25.0 Å². The van der Waals surface area contributed by atoms with Gasteiger partial charge < -0.3 is 23.8 Å². The molecule has 1 saturated heterocycles. The number of carbonyl (C=O) groups excluding carboxylic acids is 1. The summed E-state index contributed by atoms with van der Waals surface area (Å²) in [4.78, 5) is 30.3. The number of aliphatic hydroxyl groups excluding tert-OH is 1. The average molecular weight is 441 g/mol. The fraction of sp³-hybridized carbons (Fsp3) is 0.500. The minimum atomic E-state index is -0.116. The Kier molecular flexibility index (Phi) is 6.79. The predicted octanol–water partition coefficient (Wildman–Crippen LogP) is 2.23. The van der Waals surface area contributed by atoms with Gasteiger partial charge in [-0.25, -0.2) is 9.97 Å². The largest absolute Gasteiger partial charge is 0.467 e. The second-order valence-corrected chi connectivity index (χ2v) is 7.85. The zero-order valence-electron chi connectivity index (χ0n) is 18.4. The third-order valence-corrected chi connectivity index (χ3v) is 5.66. The van der Waals surface area contributed by atoms with E-state index in [9.17, 15) is 9.90 Å². The summed E-state index contributed by atoms with van der Waals surface area (Å²) in [6, 6.07) is 3.63. The van der Waals surface area contributed by atoms with Gasteiger partial charge in [0, 0.05) is 38.2 Å². The SMILES string of the molecule is CCc1noc(-c2cnc(C)nc2N2CCC(C(=O)N(CCO)Cc3ccco3)CC2)n1. The number of hydrogen-bond donors (Lipinski definition) is 1. The highest BCUT2D eigenvalue weighted by Crippen LogP contribution is 2.31. The molecule has 4 heterocycles. The standard InChI is InChI=1S/C22H28N6O4/c1-3-19-25-21(32-26-19)18-13-23-15(2)24-20(18)27-8-6-16(7-9-27)22(30)28(10-11-29)14-17-5-4-12-31-17/h4-5,12-13,16,29H,3,6-11,14H2,1-2H3. The number of carbonyl (C=O) groups is 1. The van der Waals surface area contributed by atoms with E-state index in [1.807, 2.05) is 19.9 Å². The van der Waals surface area contributed by atoms with Gasteiger partial charge in [-0.15, -0.1) is 0 Å². The number of piperidine rings is 1. The Labute approximate surface area is 186 Å². The van der Waals surface area contributed by atoms with Crippen LogP contribution in [-0.4, -0.2) is 62.3 Å². The van der Waals surface area contributed by atoms with Crippen molar-refractivity contribution >= 4 is 11.7 Å².